The number of ether oxygens (including phenoxy) is 1. The van der Waals surface area contributed by atoms with Crippen molar-refractivity contribution in [3.63, 3.8) is 0 Å². The fourth-order valence-corrected chi connectivity index (χ4v) is 8.14. The monoisotopic (exact) mass is 545 g/mol. The highest BCUT2D eigenvalue weighted by atomic mass is 19.1. The lowest BCUT2D eigenvalue weighted by atomic mass is 9.69. The number of carbonyl (C=O) groups excluding carboxylic acids is 1. The van der Waals surface area contributed by atoms with Gasteiger partial charge in [0.1, 0.15) is 18.6 Å². The number of amides is 1. The molecule has 3 unspecified atom stereocenters. The molecule has 4 heterocycles. The molecule has 8 heteroatoms. The number of halogens is 1. The number of nitrogens with zero attached hydrogens (tertiary/aromatic N) is 5. The molecule has 7 nitrogen and oxygen atoms in total. The SMILES string of the molecule is C=CC(=O)N1CC2(CCN(c3nc(OCC4CC(F)CN4C)nc4c3CCC3(CCc5ccccc53)C4)CC2)C1. The first-order chi connectivity index (χ1) is 19.4. The van der Waals surface area contributed by atoms with Crippen LogP contribution >= 0.6 is 0 Å². The maximum Gasteiger partial charge on any atom is 0.318 e. The average molecular weight is 546 g/mol. The van der Waals surface area contributed by atoms with E-state index >= 15 is 0 Å². The number of likely N-dealkylation sites (N-methyl/N-ethyl adjacent to an activating group) is 1. The number of fused-ring (bicyclic) bond motifs is 3. The molecule has 2 aliphatic carbocycles. The number of likely N-dealkylation sites (tertiary alicyclic amines) is 2. The number of hydrogen-bond acceptors (Lipinski definition) is 6. The zero-order valence-corrected chi connectivity index (χ0v) is 23.6. The standard InChI is InChI=1S/C32H40FN5O2/c1-3-28(39)38-20-31(21-38)12-14-37(15-13-31)29-25-9-11-32(10-8-22-6-4-5-7-26(22)32)17-27(25)34-30(35-29)40-19-24-16-23(33)18-36(24)2/h3-7,23-24H,1,8-21H2,2H3. The van der Waals surface area contributed by atoms with Gasteiger partial charge in [-0.25, -0.2) is 4.39 Å². The molecule has 3 aliphatic heterocycles. The number of aromatic nitrogens is 2. The van der Waals surface area contributed by atoms with Gasteiger partial charge in [0.15, 0.2) is 0 Å². The minimum atomic E-state index is -0.800. The van der Waals surface area contributed by atoms with Gasteiger partial charge < -0.3 is 14.5 Å². The maximum atomic E-state index is 14.0. The molecule has 2 aromatic rings. The van der Waals surface area contributed by atoms with E-state index in [1.807, 2.05) is 16.8 Å². The Morgan fingerprint density at radius 1 is 1.15 bits per heavy atom. The Morgan fingerprint density at radius 2 is 1.93 bits per heavy atom. The average Bonchev–Trinajstić information content (AvgIpc) is 3.47. The van der Waals surface area contributed by atoms with E-state index in [1.54, 1.807) is 0 Å². The summed E-state index contributed by atoms with van der Waals surface area (Å²) in [5.41, 5.74) is 5.73. The molecule has 0 bridgehead atoms. The minimum absolute atomic E-state index is 0.0362. The second-order valence-electron chi connectivity index (χ2n) is 13.0. The first-order valence-corrected chi connectivity index (χ1v) is 15.0. The fraction of sp³-hybridized carbons (Fsp3) is 0.594. The molecule has 212 valence electrons. The Bertz CT molecular complexity index is 1320. The van der Waals surface area contributed by atoms with Crippen LogP contribution in [0.4, 0.5) is 10.2 Å². The number of anilines is 1. The van der Waals surface area contributed by atoms with E-state index in [9.17, 15) is 9.18 Å². The minimum Gasteiger partial charge on any atom is -0.462 e. The van der Waals surface area contributed by atoms with Gasteiger partial charge in [-0.3, -0.25) is 9.69 Å². The van der Waals surface area contributed by atoms with Gasteiger partial charge in [0.25, 0.3) is 0 Å². The largest absolute Gasteiger partial charge is 0.462 e. The second kappa shape index (κ2) is 9.82. The Balaban J connectivity index is 1.15. The number of hydrogen-bond donors (Lipinski definition) is 0. The molecule has 3 atom stereocenters. The molecule has 7 rings (SSSR count). The summed E-state index contributed by atoms with van der Waals surface area (Å²) >= 11 is 0. The Morgan fingerprint density at radius 3 is 2.67 bits per heavy atom. The summed E-state index contributed by atoms with van der Waals surface area (Å²) < 4.78 is 20.2. The third-order valence-corrected chi connectivity index (χ3v) is 10.6. The van der Waals surface area contributed by atoms with Crippen molar-refractivity contribution < 1.29 is 13.9 Å². The summed E-state index contributed by atoms with van der Waals surface area (Å²) in [5, 5.41) is 0. The van der Waals surface area contributed by atoms with Gasteiger partial charge in [-0.1, -0.05) is 30.8 Å². The molecule has 1 aromatic carbocycles. The van der Waals surface area contributed by atoms with Gasteiger partial charge in [0, 0.05) is 55.2 Å². The number of alkyl halides is 1. The summed E-state index contributed by atoms with van der Waals surface area (Å²) in [5.74, 6) is 1.06. The van der Waals surface area contributed by atoms with Crippen molar-refractivity contribution in [2.24, 2.45) is 5.41 Å². The lowest BCUT2D eigenvalue weighted by Gasteiger charge is -2.54. The molecule has 0 saturated carbocycles. The normalized spacial score (nSPS) is 28.9. The van der Waals surface area contributed by atoms with Crippen LogP contribution in [-0.4, -0.2) is 84.3 Å². The molecular formula is C32H40FN5O2. The van der Waals surface area contributed by atoms with Crippen molar-refractivity contribution in [2.45, 2.75) is 69.0 Å². The van der Waals surface area contributed by atoms with Gasteiger partial charge in [0.05, 0.1) is 5.69 Å². The summed E-state index contributed by atoms with van der Waals surface area (Å²) in [6, 6.07) is 9.40. The van der Waals surface area contributed by atoms with Crippen LogP contribution in [0.15, 0.2) is 36.9 Å². The highest BCUT2D eigenvalue weighted by molar-refractivity contribution is 5.87. The number of piperidine rings is 1. The van der Waals surface area contributed by atoms with Crippen molar-refractivity contribution in [3.05, 3.63) is 59.3 Å². The van der Waals surface area contributed by atoms with Gasteiger partial charge in [-0.2, -0.15) is 9.97 Å². The lowest BCUT2D eigenvalue weighted by Crippen LogP contribution is -2.61. The number of carbonyl (C=O) groups is 1. The zero-order valence-electron chi connectivity index (χ0n) is 23.6. The van der Waals surface area contributed by atoms with Crippen LogP contribution in [0.2, 0.25) is 0 Å². The van der Waals surface area contributed by atoms with Crippen LogP contribution in [-0.2, 0) is 29.5 Å². The van der Waals surface area contributed by atoms with Crippen molar-refractivity contribution >= 4 is 11.7 Å². The van der Waals surface area contributed by atoms with Gasteiger partial charge in [-0.05, 0) is 75.6 Å². The molecule has 0 radical (unpaired) electrons. The predicted octanol–water partition coefficient (Wildman–Crippen LogP) is 3.89. The third kappa shape index (κ3) is 4.39. The predicted molar refractivity (Wildman–Crippen MR) is 153 cm³/mol. The van der Waals surface area contributed by atoms with E-state index in [4.69, 9.17) is 14.7 Å². The molecule has 40 heavy (non-hydrogen) atoms. The molecular weight excluding hydrogens is 505 g/mol. The first kappa shape index (κ1) is 25.9. The zero-order chi connectivity index (χ0) is 27.5. The van der Waals surface area contributed by atoms with E-state index in [2.05, 4.69) is 35.7 Å². The quantitative estimate of drug-likeness (QED) is 0.532. The van der Waals surface area contributed by atoms with Crippen LogP contribution in [0.5, 0.6) is 6.01 Å². The van der Waals surface area contributed by atoms with Gasteiger partial charge in [-0.15, -0.1) is 0 Å². The molecule has 3 saturated heterocycles. The Labute approximate surface area is 236 Å². The highest BCUT2D eigenvalue weighted by Crippen LogP contribution is 2.49. The highest BCUT2D eigenvalue weighted by Gasteiger charge is 2.47. The molecule has 1 aromatic heterocycles. The van der Waals surface area contributed by atoms with Crippen molar-refractivity contribution in [1.82, 2.24) is 19.8 Å². The first-order valence-electron chi connectivity index (χ1n) is 15.0. The van der Waals surface area contributed by atoms with Gasteiger partial charge in [0.2, 0.25) is 5.91 Å². The van der Waals surface area contributed by atoms with Crippen molar-refractivity contribution in [3.8, 4) is 6.01 Å². The lowest BCUT2D eigenvalue weighted by molar-refractivity contribution is -0.139. The molecule has 0 N–H and O–H groups in total. The van der Waals surface area contributed by atoms with E-state index in [0.29, 0.717) is 25.6 Å². The smallest absolute Gasteiger partial charge is 0.318 e. The van der Waals surface area contributed by atoms with Crippen LogP contribution in [0, 0.1) is 5.41 Å². The summed E-state index contributed by atoms with van der Waals surface area (Å²) in [6.07, 6.45) is 8.51. The molecule has 2 spiro atoms. The number of benzene rings is 1. The maximum absolute atomic E-state index is 14.0. The molecule has 5 aliphatic rings. The Kier molecular flexibility index (Phi) is 6.37. The Hall–Kier alpha value is -3.00. The number of rotatable bonds is 5. The van der Waals surface area contributed by atoms with Crippen molar-refractivity contribution in [1.29, 1.82) is 0 Å². The van der Waals surface area contributed by atoms with Gasteiger partial charge >= 0.3 is 6.01 Å². The fourth-order valence-electron chi connectivity index (χ4n) is 8.14. The number of aryl methyl sites for hydroxylation is 1. The summed E-state index contributed by atoms with van der Waals surface area (Å²) in [6.45, 7) is 7.99. The molecule has 1 amide bonds. The topological polar surface area (TPSA) is 61.8 Å². The molecule has 3 fully saturated rings. The summed E-state index contributed by atoms with van der Waals surface area (Å²) in [7, 11) is 1.96. The van der Waals surface area contributed by atoms with E-state index in [1.165, 1.54) is 22.8 Å². The van der Waals surface area contributed by atoms with Crippen LogP contribution < -0.4 is 9.64 Å². The van der Waals surface area contributed by atoms with E-state index in [0.717, 1.165) is 82.6 Å². The van der Waals surface area contributed by atoms with Crippen LogP contribution in [0.3, 0.4) is 0 Å². The van der Waals surface area contributed by atoms with Crippen molar-refractivity contribution in [2.75, 3.05) is 51.3 Å². The van der Waals surface area contributed by atoms with E-state index < -0.39 is 6.17 Å². The van der Waals surface area contributed by atoms with Crippen LogP contribution in [0.25, 0.3) is 0 Å². The third-order valence-electron chi connectivity index (χ3n) is 10.6. The van der Waals surface area contributed by atoms with Crippen LogP contribution in [0.1, 0.15) is 54.5 Å². The summed E-state index contributed by atoms with van der Waals surface area (Å²) in [4.78, 5) is 28.5. The van der Waals surface area contributed by atoms with E-state index in [-0.39, 0.29) is 22.8 Å². The second-order valence-corrected chi connectivity index (χ2v) is 13.0.